The lowest BCUT2D eigenvalue weighted by Gasteiger charge is -2.14. The number of nitrogens with zero attached hydrogens (tertiary/aromatic N) is 1. The average molecular weight is 473 g/mol. The number of fused-ring (bicyclic) bond motifs is 1. The van der Waals surface area contributed by atoms with E-state index in [1.807, 2.05) is 0 Å². The first-order valence-electron chi connectivity index (χ1n) is 8.24. The van der Waals surface area contributed by atoms with E-state index in [2.05, 4.69) is 0 Å². The number of hydrogen-bond donors (Lipinski definition) is 0. The maximum absolute atomic E-state index is 12.8. The number of thioether (sulfide) groups is 1. The fraction of sp³-hybridized carbons (Fsp3) is 0.158. The summed E-state index contributed by atoms with van der Waals surface area (Å²) in [6.45, 7) is 0.119. The molecule has 150 valence electrons. The monoisotopic (exact) mass is 471 g/mol. The number of halogens is 3. The van der Waals surface area contributed by atoms with Gasteiger partial charge in [0.15, 0.2) is 17.2 Å². The van der Waals surface area contributed by atoms with Gasteiger partial charge >= 0.3 is 0 Å². The van der Waals surface area contributed by atoms with Gasteiger partial charge in [0.05, 0.1) is 28.6 Å². The van der Waals surface area contributed by atoms with Crippen molar-refractivity contribution in [3.8, 4) is 17.2 Å². The van der Waals surface area contributed by atoms with Crippen molar-refractivity contribution in [2.24, 2.45) is 0 Å². The second-order valence-corrected chi connectivity index (χ2v) is 8.30. The van der Waals surface area contributed by atoms with Crippen molar-refractivity contribution in [2.45, 2.75) is 6.54 Å². The molecule has 2 aliphatic heterocycles. The molecule has 29 heavy (non-hydrogen) atoms. The van der Waals surface area contributed by atoms with Crippen LogP contribution in [0.4, 0.5) is 4.79 Å². The number of carbonyl (C=O) groups excluding carboxylic acids is 2. The molecular formula is C19H12Cl3NO5S. The summed E-state index contributed by atoms with van der Waals surface area (Å²) in [4.78, 5) is 26.6. The number of benzene rings is 2. The van der Waals surface area contributed by atoms with Crippen molar-refractivity contribution >= 4 is 63.8 Å². The minimum absolute atomic E-state index is 0.0155. The van der Waals surface area contributed by atoms with Gasteiger partial charge in [0.25, 0.3) is 11.1 Å². The van der Waals surface area contributed by atoms with Crippen LogP contribution in [-0.4, -0.2) is 29.9 Å². The fourth-order valence-corrected chi connectivity index (χ4v) is 4.61. The summed E-state index contributed by atoms with van der Waals surface area (Å²) in [5.74, 6) is 0.961. The smallest absolute Gasteiger partial charge is 0.293 e. The zero-order valence-corrected chi connectivity index (χ0v) is 17.9. The van der Waals surface area contributed by atoms with Crippen LogP contribution in [0.3, 0.4) is 0 Å². The lowest BCUT2D eigenvalue weighted by molar-refractivity contribution is -0.123. The molecule has 0 unspecified atom stereocenters. The first-order valence-corrected chi connectivity index (χ1v) is 10.2. The molecule has 10 heteroatoms. The van der Waals surface area contributed by atoms with E-state index in [9.17, 15) is 9.59 Å². The van der Waals surface area contributed by atoms with E-state index in [-0.39, 0.29) is 18.2 Å². The van der Waals surface area contributed by atoms with Gasteiger partial charge in [-0.05, 0) is 47.2 Å². The molecule has 0 bridgehead atoms. The number of hydrogen-bond acceptors (Lipinski definition) is 6. The van der Waals surface area contributed by atoms with Crippen LogP contribution in [-0.2, 0) is 11.3 Å². The molecule has 6 nitrogen and oxygen atoms in total. The van der Waals surface area contributed by atoms with E-state index >= 15 is 0 Å². The molecule has 1 saturated heterocycles. The Morgan fingerprint density at radius 3 is 2.38 bits per heavy atom. The van der Waals surface area contributed by atoms with Gasteiger partial charge in [-0.1, -0.05) is 34.8 Å². The molecule has 0 aromatic heterocycles. The Balaban J connectivity index is 1.59. The van der Waals surface area contributed by atoms with E-state index in [0.29, 0.717) is 43.4 Å². The molecule has 2 amide bonds. The topological polar surface area (TPSA) is 65.1 Å². The van der Waals surface area contributed by atoms with Crippen molar-refractivity contribution in [2.75, 3.05) is 13.9 Å². The molecule has 0 saturated carbocycles. The Bertz CT molecular complexity index is 1050. The van der Waals surface area contributed by atoms with Gasteiger partial charge in [-0.2, -0.15) is 0 Å². The molecule has 1 fully saturated rings. The molecule has 0 N–H and O–H groups in total. The van der Waals surface area contributed by atoms with Crippen LogP contribution in [0.15, 0.2) is 29.2 Å². The van der Waals surface area contributed by atoms with Gasteiger partial charge in [-0.15, -0.1) is 0 Å². The van der Waals surface area contributed by atoms with Crippen LogP contribution >= 0.6 is 46.6 Å². The number of imide groups is 1. The van der Waals surface area contributed by atoms with Gasteiger partial charge in [0.1, 0.15) is 0 Å². The lowest BCUT2D eigenvalue weighted by atomic mass is 10.1. The molecule has 0 spiro atoms. The van der Waals surface area contributed by atoms with Crippen molar-refractivity contribution < 1.29 is 23.8 Å². The lowest BCUT2D eigenvalue weighted by Crippen LogP contribution is -2.27. The summed E-state index contributed by atoms with van der Waals surface area (Å²) >= 11 is 19.4. The van der Waals surface area contributed by atoms with Crippen molar-refractivity contribution in [3.05, 3.63) is 55.4 Å². The van der Waals surface area contributed by atoms with E-state index in [1.165, 1.54) is 7.11 Å². The highest BCUT2D eigenvalue weighted by atomic mass is 35.5. The first-order chi connectivity index (χ1) is 13.9. The van der Waals surface area contributed by atoms with E-state index in [4.69, 9.17) is 49.0 Å². The third-order valence-corrected chi connectivity index (χ3v) is 6.09. The Hall–Kier alpha value is -2.06. The number of carbonyl (C=O) groups is 2. The molecule has 4 rings (SSSR count). The average Bonchev–Trinajstić information content (AvgIpc) is 3.21. The largest absolute Gasteiger partial charge is 0.494 e. The van der Waals surface area contributed by atoms with Crippen molar-refractivity contribution in [1.29, 1.82) is 0 Å². The molecule has 2 aromatic rings. The van der Waals surface area contributed by atoms with Crippen molar-refractivity contribution in [1.82, 2.24) is 4.90 Å². The Morgan fingerprint density at radius 1 is 1.07 bits per heavy atom. The summed E-state index contributed by atoms with van der Waals surface area (Å²) in [5, 5.41) is 0.585. The fourth-order valence-electron chi connectivity index (χ4n) is 2.90. The minimum atomic E-state index is -0.434. The molecule has 2 aromatic carbocycles. The van der Waals surface area contributed by atoms with E-state index in [0.717, 1.165) is 16.7 Å². The predicted octanol–water partition coefficient (Wildman–Crippen LogP) is 5.62. The molecule has 0 atom stereocenters. The highest BCUT2D eigenvalue weighted by Gasteiger charge is 2.35. The van der Waals surface area contributed by atoms with Gasteiger partial charge in [0, 0.05) is 11.1 Å². The molecular weight excluding hydrogens is 461 g/mol. The zero-order chi connectivity index (χ0) is 20.7. The second-order valence-electron chi connectivity index (χ2n) is 6.08. The highest BCUT2D eigenvalue weighted by Crippen LogP contribution is 2.40. The maximum Gasteiger partial charge on any atom is 0.293 e. The van der Waals surface area contributed by atoms with Gasteiger partial charge in [0.2, 0.25) is 6.79 Å². The third-order valence-electron chi connectivity index (χ3n) is 4.27. The van der Waals surface area contributed by atoms with Gasteiger partial charge < -0.3 is 14.2 Å². The van der Waals surface area contributed by atoms with E-state index in [1.54, 1.807) is 30.3 Å². The molecule has 2 aliphatic rings. The highest BCUT2D eigenvalue weighted by molar-refractivity contribution is 8.18. The predicted molar refractivity (Wildman–Crippen MR) is 112 cm³/mol. The van der Waals surface area contributed by atoms with Crippen LogP contribution in [0.2, 0.25) is 15.1 Å². The van der Waals surface area contributed by atoms with Crippen LogP contribution in [0, 0.1) is 0 Å². The second kappa shape index (κ2) is 7.99. The van der Waals surface area contributed by atoms with Crippen LogP contribution in [0.1, 0.15) is 11.1 Å². The Morgan fingerprint density at radius 2 is 1.72 bits per heavy atom. The molecule has 2 heterocycles. The van der Waals surface area contributed by atoms with Gasteiger partial charge in [-0.25, -0.2) is 0 Å². The quantitative estimate of drug-likeness (QED) is 0.538. The normalized spacial score (nSPS) is 16.8. The molecule has 0 radical (unpaired) electrons. The number of ether oxygens (including phenoxy) is 3. The first kappa shape index (κ1) is 20.2. The maximum atomic E-state index is 12.8. The number of amides is 2. The van der Waals surface area contributed by atoms with Crippen LogP contribution in [0.5, 0.6) is 17.2 Å². The van der Waals surface area contributed by atoms with Crippen LogP contribution < -0.4 is 14.2 Å². The Kier molecular flexibility index (Phi) is 5.57. The zero-order valence-electron chi connectivity index (χ0n) is 14.8. The molecule has 0 aliphatic carbocycles. The number of rotatable bonds is 4. The summed E-state index contributed by atoms with van der Waals surface area (Å²) in [7, 11) is 1.46. The summed E-state index contributed by atoms with van der Waals surface area (Å²) < 4.78 is 15.7. The standard InChI is InChI=1S/C19H12Cl3NO5S/c1-26-17-12(21)2-9(3-13(17)22)4-16-18(24)23(19(25)29-16)7-10-5-14-15(6-11(10)20)28-8-27-14/h2-6H,7-8H2,1H3/b16-4-. The summed E-state index contributed by atoms with van der Waals surface area (Å²) in [5.41, 5.74) is 1.16. The minimum Gasteiger partial charge on any atom is -0.494 e. The third kappa shape index (κ3) is 3.88. The number of methoxy groups -OCH3 is 1. The summed E-state index contributed by atoms with van der Waals surface area (Å²) in [6.07, 6.45) is 1.56. The van der Waals surface area contributed by atoms with E-state index < -0.39 is 11.1 Å². The van der Waals surface area contributed by atoms with Crippen molar-refractivity contribution in [3.63, 3.8) is 0 Å². The van der Waals surface area contributed by atoms with Gasteiger partial charge in [-0.3, -0.25) is 14.5 Å². The van der Waals surface area contributed by atoms with Crippen LogP contribution in [0.25, 0.3) is 6.08 Å². The Labute approximate surface area is 185 Å². The summed E-state index contributed by atoms with van der Waals surface area (Å²) in [6, 6.07) is 6.49. The SMILES string of the molecule is COc1c(Cl)cc(/C=C2\SC(=O)N(Cc3cc4c(cc3Cl)OCO4)C2=O)cc1Cl.